The van der Waals surface area contributed by atoms with Crippen LogP contribution in [-0.2, 0) is 6.42 Å². The minimum absolute atomic E-state index is 0.598. The van der Waals surface area contributed by atoms with Gasteiger partial charge in [0.2, 0.25) is 0 Å². The lowest BCUT2D eigenvalue weighted by molar-refractivity contribution is 0.416. The van der Waals surface area contributed by atoms with E-state index >= 15 is 0 Å². The van der Waals surface area contributed by atoms with Crippen LogP contribution in [-0.4, -0.2) is 63.9 Å². The number of hydrogen-bond acceptors (Lipinski definition) is 9. The third-order valence-electron chi connectivity index (χ3n) is 7.06. The Morgan fingerprint density at radius 3 is 2.65 bits per heavy atom. The topological polar surface area (TPSA) is 83.0 Å². The van der Waals surface area contributed by atoms with Crippen LogP contribution in [0, 0.1) is 5.92 Å². The fourth-order valence-electron chi connectivity index (χ4n) is 4.88. The molecule has 0 bridgehead atoms. The van der Waals surface area contributed by atoms with E-state index in [4.69, 9.17) is 9.97 Å². The summed E-state index contributed by atoms with van der Waals surface area (Å²) in [6.07, 6.45) is 14.1. The summed E-state index contributed by atoms with van der Waals surface area (Å²) < 4.78 is 0. The van der Waals surface area contributed by atoms with E-state index in [2.05, 4.69) is 42.4 Å². The monoisotopic (exact) mass is 476 g/mol. The zero-order valence-corrected chi connectivity index (χ0v) is 20.4. The fraction of sp³-hybridized carbons (Fsp3) is 0.560. The molecular weight excluding hydrogens is 444 g/mol. The summed E-state index contributed by atoms with van der Waals surface area (Å²) in [5.74, 6) is 1.87. The molecule has 0 radical (unpaired) electrons. The minimum atomic E-state index is 0.598. The summed E-state index contributed by atoms with van der Waals surface area (Å²) in [5.41, 5.74) is 3.03. The van der Waals surface area contributed by atoms with Gasteiger partial charge >= 0.3 is 0 Å². The van der Waals surface area contributed by atoms with Crippen molar-refractivity contribution in [2.75, 3.05) is 42.5 Å². The SMILES string of the molecule is c1cc(Cc2nnc(-c3cncc(N4CCCC4)n3)s2)ncc1N1CCCC(NCC2CC2)C1. The van der Waals surface area contributed by atoms with Crippen LogP contribution in [0.3, 0.4) is 0 Å². The molecule has 3 aliphatic rings. The van der Waals surface area contributed by atoms with Crippen LogP contribution in [0.15, 0.2) is 30.7 Å². The van der Waals surface area contributed by atoms with Gasteiger partial charge in [-0.25, -0.2) is 4.98 Å². The summed E-state index contributed by atoms with van der Waals surface area (Å²) in [6, 6.07) is 4.94. The summed E-state index contributed by atoms with van der Waals surface area (Å²) in [6.45, 7) is 5.48. The summed E-state index contributed by atoms with van der Waals surface area (Å²) >= 11 is 1.58. The lowest BCUT2D eigenvalue weighted by atomic mass is 10.0. The van der Waals surface area contributed by atoms with E-state index in [0.717, 1.165) is 59.3 Å². The third-order valence-corrected chi connectivity index (χ3v) is 8.00. The molecule has 0 amide bonds. The highest BCUT2D eigenvalue weighted by Crippen LogP contribution is 2.29. The molecule has 0 aromatic carbocycles. The first-order chi connectivity index (χ1) is 16.8. The van der Waals surface area contributed by atoms with Crippen LogP contribution >= 0.6 is 11.3 Å². The van der Waals surface area contributed by atoms with Crippen molar-refractivity contribution in [1.29, 1.82) is 0 Å². The van der Waals surface area contributed by atoms with E-state index in [1.54, 1.807) is 17.5 Å². The van der Waals surface area contributed by atoms with Gasteiger partial charge in [-0.15, -0.1) is 10.2 Å². The molecule has 6 rings (SSSR count). The maximum atomic E-state index is 4.79. The van der Waals surface area contributed by atoms with E-state index in [9.17, 15) is 0 Å². The highest BCUT2D eigenvalue weighted by Gasteiger charge is 2.25. The average molecular weight is 477 g/mol. The molecule has 3 fully saturated rings. The Morgan fingerprint density at radius 1 is 0.941 bits per heavy atom. The van der Waals surface area contributed by atoms with E-state index in [-0.39, 0.29) is 0 Å². The van der Waals surface area contributed by atoms with Crippen molar-refractivity contribution in [3.05, 3.63) is 41.4 Å². The van der Waals surface area contributed by atoms with Crippen molar-refractivity contribution in [2.45, 2.75) is 51.0 Å². The summed E-state index contributed by atoms with van der Waals surface area (Å²) in [7, 11) is 0. The predicted molar refractivity (Wildman–Crippen MR) is 135 cm³/mol. The molecule has 34 heavy (non-hydrogen) atoms. The largest absolute Gasteiger partial charge is 0.369 e. The molecule has 178 valence electrons. The quantitative estimate of drug-likeness (QED) is 0.529. The van der Waals surface area contributed by atoms with Crippen molar-refractivity contribution in [2.24, 2.45) is 5.92 Å². The second-order valence-corrected chi connectivity index (χ2v) is 10.8. The maximum absolute atomic E-state index is 4.79. The van der Waals surface area contributed by atoms with Gasteiger partial charge in [0.25, 0.3) is 0 Å². The van der Waals surface area contributed by atoms with Gasteiger partial charge in [-0.05, 0) is 63.1 Å². The van der Waals surface area contributed by atoms with Crippen LogP contribution in [0.2, 0.25) is 0 Å². The van der Waals surface area contributed by atoms with Crippen molar-refractivity contribution in [1.82, 2.24) is 30.5 Å². The third kappa shape index (κ3) is 5.20. The number of hydrogen-bond donors (Lipinski definition) is 1. The molecule has 3 aromatic heterocycles. The van der Waals surface area contributed by atoms with E-state index in [1.165, 1.54) is 50.8 Å². The Kier molecular flexibility index (Phi) is 6.37. The first kappa shape index (κ1) is 21.9. The van der Waals surface area contributed by atoms with Gasteiger partial charge < -0.3 is 15.1 Å². The smallest absolute Gasteiger partial charge is 0.167 e. The van der Waals surface area contributed by atoms with Gasteiger partial charge in [-0.1, -0.05) is 11.3 Å². The first-order valence-corrected chi connectivity index (χ1v) is 13.4. The zero-order valence-electron chi connectivity index (χ0n) is 19.6. The van der Waals surface area contributed by atoms with Gasteiger partial charge in [0.1, 0.15) is 16.5 Å². The van der Waals surface area contributed by atoms with Crippen LogP contribution in [0.1, 0.15) is 49.2 Å². The molecule has 2 saturated heterocycles. The van der Waals surface area contributed by atoms with Crippen LogP contribution in [0.4, 0.5) is 11.5 Å². The second-order valence-electron chi connectivity index (χ2n) is 9.78. The molecule has 1 atom stereocenters. The normalized spacial score (nSPS) is 20.8. The zero-order chi connectivity index (χ0) is 22.7. The van der Waals surface area contributed by atoms with Gasteiger partial charge in [-0.3, -0.25) is 9.97 Å². The summed E-state index contributed by atoms with van der Waals surface area (Å²) in [4.78, 5) is 18.7. The first-order valence-electron chi connectivity index (χ1n) is 12.6. The highest BCUT2D eigenvalue weighted by atomic mass is 32.1. The summed E-state index contributed by atoms with van der Waals surface area (Å²) in [5, 5.41) is 14.3. The molecular formula is C25H32N8S. The van der Waals surface area contributed by atoms with Gasteiger partial charge in [0.05, 0.1) is 24.3 Å². The number of nitrogens with zero attached hydrogens (tertiary/aromatic N) is 7. The molecule has 5 heterocycles. The van der Waals surface area contributed by atoms with Crippen LogP contribution in [0.25, 0.3) is 10.7 Å². The number of pyridine rings is 1. The van der Waals surface area contributed by atoms with Crippen molar-refractivity contribution < 1.29 is 0 Å². The number of piperidine rings is 1. The standard InChI is InChI=1S/C25H32N8S/c1-2-10-32(9-1)23-16-26-15-22(29-23)25-31-30-24(34-25)12-19-7-8-21(14-28-19)33-11-3-4-20(17-33)27-13-18-5-6-18/h7-8,14-16,18,20,27H,1-6,9-13,17H2. The highest BCUT2D eigenvalue weighted by molar-refractivity contribution is 7.14. The Balaban J connectivity index is 1.07. The number of rotatable bonds is 8. The Labute approximate surface area is 204 Å². The lowest BCUT2D eigenvalue weighted by Gasteiger charge is -2.34. The maximum Gasteiger partial charge on any atom is 0.167 e. The van der Waals surface area contributed by atoms with Crippen molar-refractivity contribution in [3.8, 4) is 10.7 Å². The molecule has 9 heteroatoms. The molecule has 2 aliphatic heterocycles. The Hall–Kier alpha value is -2.65. The molecule has 1 aliphatic carbocycles. The minimum Gasteiger partial charge on any atom is -0.369 e. The van der Waals surface area contributed by atoms with Gasteiger partial charge in [0.15, 0.2) is 5.01 Å². The molecule has 1 saturated carbocycles. The second kappa shape index (κ2) is 9.92. The predicted octanol–water partition coefficient (Wildman–Crippen LogP) is 3.55. The molecule has 1 N–H and O–H groups in total. The van der Waals surface area contributed by atoms with Crippen molar-refractivity contribution in [3.63, 3.8) is 0 Å². The Morgan fingerprint density at radius 2 is 1.82 bits per heavy atom. The van der Waals surface area contributed by atoms with E-state index in [0.29, 0.717) is 12.5 Å². The average Bonchev–Trinajstić information content (AvgIpc) is 3.33. The fourth-order valence-corrected chi connectivity index (χ4v) is 5.69. The number of anilines is 2. The Bertz CT molecular complexity index is 1090. The van der Waals surface area contributed by atoms with E-state index < -0.39 is 0 Å². The van der Waals surface area contributed by atoms with Crippen LogP contribution in [0.5, 0.6) is 0 Å². The lowest BCUT2D eigenvalue weighted by Crippen LogP contribution is -2.46. The van der Waals surface area contributed by atoms with Gasteiger partial charge in [-0.2, -0.15) is 0 Å². The molecule has 1 unspecified atom stereocenters. The molecule has 0 spiro atoms. The molecule has 8 nitrogen and oxygen atoms in total. The number of nitrogens with one attached hydrogen (secondary N) is 1. The van der Waals surface area contributed by atoms with E-state index in [1.807, 2.05) is 12.4 Å². The van der Waals surface area contributed by atoms with Crippen LogP contribution < -0.4 is 15.1 Å². The van der Waals surface area contributed by atoms with Gasteiger partial charge in [0, 0.05) is 44.3 Å². The molecule has 3 aromatic rings. The number of aromatic nitrogens is 5. The van der Waals surface area contributed by atoms with Crippen molar-refractivity contribution >= 4 is 22.8 Å².